The van der Waals surface area contributed by atoms with Crippen molar-refractivity contribution in [1.29, 1.82) is 0 Å². The van der Waals surface area contributed by atoms with Gasteiger partial charge in [0.15, 0.2) is 6.10 Å². The normalized spacial score (nSPS) is 15.7. The maximum atomic E-state index is 13.9. The summed E-state index contributed by atoms with van der Waals surface area (Å²) in [7, 11) is 0. The van der Waals surface area contributed by atoms with Crippen molar-refractivity contribution < 1.29 is 18.3 Å². The van der Waals surface area contributed by atoms with E-state index < -0.39 is 6.10 Å². The molecule has 0 N–H and O–H groups in total. The molecule has 1 aliphatic heterocycles. The van der Waals surface area contributed by atoms with Gasteiger partial charge in [0, 0.05) is 26.2 Å². The van der Waals surface area contributed by atoms with Crippen LogP contribution in [0.2, 0.25) is 0 Å². The highest BCUT2D eigenvalue weighted by atomic mass is 19.1. The Morgan fingerprint density at radius 2 is 1.69 bits per heavy atom. The molecule has 1 fully saturated rings. The monoisotopic (exact) mass is 360 g/mol. The van der Waals surface area contributed by atoms with Gasteiger partial charge in [-0.3, -0.25) is 4.79 Å². The van der Waals surface area contributed by atoms with Crippen LogP contribution >= 0.6 is 0 Å². The summed E-state index contributed by atoms with van der Waals surface area (Å²) >= 11 is 0. The zero-order valence-corrected chi connectivity index (χ0v) is 14.7. The Balaban J connectivity index is 1.59. The first-order chi connectivity index (χ1) is 12.6. The molecule has 1 unspecified atom stereocenters. The van der Waals surface area contributed by atoms with Crippen LogP contribution in [0, 0.1) is 11.6 Å². The molecule has 1 atom stereocenters. The minimum atomic E-state index is -0.611. The quantitative estimate of drug-likeness (QED) is 0.819. The fraction of sp³-hybridized carbons (Fsp3) is 0.350. The number of halogens is 2. The minimum Gasteiger partial charge on any atom is -0.481 e. The number of amides is 1. The van der Waals surface area contributed by atoms with E-state index in [1.54, 1.807) is 23.1 Å². The SMILES string of the molecule is CCC(Oc1ccc(F)cc1)C(=O)N1CCN(c2ccccc2F)CC1. The zero-order valence-electron chi connectivity index (χ0n) is 14.7. The van der Waals surface area contributed by atoms with E-state index in [0.29, 0.717) is 44.0 Å². The minimum absolute atomic E-state index is 0.0926. The van der Waals surface area contributed by atoms with Gasteiger partial charge in [-0.05, 0) is 42.8 Å². The first-order valence-electron chi connectivity index (χ1n) is 8.79. The average Bonchev–Trinajstić information content (AvgIpc) is 2.67. The van der Waals surface area contributed by atoms with Gasteiger partial charge in [0.1, 0.15) is 17.4 Å². The molecule has 1 aliphatic rings. The summed E-state index contributed by atoms with van der Waals surface area (Å²) < 4.78 is 32.6. The third-order valence-corrected chi connectivity index (χ3v) is 4.52. The smallest absolute Gasteiger partial charge is 0.263 e. The maximum absolute atomic E-state index is 13.9. The lowest BCUT2D eigenvalue weighted by molar-refractivity contribution is -0.139. The van der Waals surface area contributed by atoms with Crippen LogP contribution in [0.25, 0.3) is 0 Å². The molecule has 0 aliphatic carbocycles. The number of hydrogen-bond donors (Lipinski definition) is 0. The number of piperazine rings is 1. The Hall–Kier alpha value is -2.63. The molecule has 26 heavy (non-hydrogen) atoms. The van der Waals surface area contributed by atoms with E-state index in [2.05, 4.69) is 0 Å². The number of rotatable bonds is 5. The maximum Gasteiger partial charge on any atom is 0.263 e. The highest BCUT2D eigenvalue weighted by molar-refractivity contribution is 5.81. The van der Waals surface area contributed by atoms with E-state index in [0.717, 1.165) is 0 Å². The van der Waals surface area contributed by atoms with Crippen molar-refractivity contribution in [2.45, 2.75) is 19.4 Å². The molecule has 0 bridgehead atoms. The first-order valence-corrected chi connectivity index (χ1v) is 8.79. The first kappa shape index (κ1) is 18.2. The number of hydrogen-bond acceptors (Lipinski definition) is 3. The van der Waals surface area contributed by atoms with Crippen molar-refractivity contribution in [3.8, 4) is 5.75 Å². The van der Waals surface area contributed by atoms with Gasteiger partial charge >= 0.3 is 0 Å². The molecule has 0 saturated carbocycles. The highest BCUT2D eigenvalue weighted by Crippen LogP contribution is 2.21. The predicted octanol–water partition coefficient (Wildman–Crippen LogP) is 3.47. The van der Waals surface area contributed by atoms with Crippen LogP contribution in [0.3, 0.4) is 0 Å². The molecule has 138 valence electrons. The molecule has 1 amide bonds. The second-order valence-corrected chi connectivity index (χ2v) is 6.23. The van der Waals surface area contributed by atoms with Crippen LogP contribution in [-0.4, -0.2) is 43.1 Å². The number of carbonyl (C=O) groups excluding carboxylic acids is 1. The van der Waals surface area contributed by atoms with Crippen LogP contribution < -0.4 is 9.64 Å². The summed E-state index contributed by atoms with van der Waals surface area (Å²) in [4.78, 5) is 16.4. The van der Waals surface area contributed by atoms with Gasteiger partial charge < -0.3 is 14.5 Å². The van der Waals surface area contributed by atoms with E-state index in [-0.39, 0.29) is 17.5 Å². The zero-order chi connectivity index (χ0) is 18.5. The fourth-order valence-electron chi connectivity index (χ4n) is 3.07. The topological polar surface area (TPSA) is 32.8 Å². The van der Waals surface area contributed by atoms with E-state index in [9.17, 15) is 13.6 Å². The van der Waals surface area contributed by atoms with Crippen LogP contribution in [0.5, 0.6) is 5.75 Å². The lowest BCUT2D eigenvalue weighted by atomic mass is 10.2. The van der Waals surface area contributed by atoms with Gasteiger partial charge in [-0.15, -0.1) is 0 Å². The number of nitrogens with zero attached hydrogens (tertiary/aromatic N) is 2. The van der Waals surface area contributed by atoms with Gasteiger partial charge in [-0.2, -0.15) is 0 Å². The van der Waals surface area contributed by atoms with Crippen molar-refractivity contribution in [2.24, 2.45) is 0 Å². The summed E-state index contributed by atoms with van der Waals surface area (Å²) in [5.41, 5.74) is 0.564. The Bertz CT molecular complexity index is 744. The molecule has 0 radical (unpaired) electrons. The van der Waals surface area contributed by atoms with Gasteiger partial charge in [0.25, 0.3) is 5.91 Å². The molecular formula is C20H22F2N2O2. The van der Waals surface area contributed by atoms with Gasteiger partial charge in [0.05, 0.1) is 5.69 Å². The van der Waals surface area contributed by atoms with Crippen LogP contribution in [-0.2, 0) is 4.79 Å². The second-order valence-electron chi connectivity index (χ2n) is 6.23. The average molecular weight is 360 g/mol. The number of ether oxygens (including phenoxy) is 1. The van der Waals surface area contributed by atoms with Gasteiger partial charge in [-0.25, -0.2) is 8.78 Å². The van der Waals surface area contributed by atoms with Crippen molar-refractivity contribution >= 4 is 11.6 Å². The van der Waals surface area contributed by atoms with E-state index in [1.165, 1.54) is 30.3 Å². The molecule has 0 aromatic heterocycles. The molecule has 1 saturated heterocycles. The van der Waals surface area contributed by atoms with Crippen molar-refractivity contribution in [1.82, 2.24) is 4.90 Å². The summed E-state index contributed by atoms with van der Waals surface area (Å²) in [6.45, 7) is 4.04. The van der Waals surface area contributed by atoms with Crippen LogP contribution in [0.1, 0.15) is 13.3 Å². The second kappa shape index (κ2) is 8.17. The summed E-state index contributed by atoms with van der Waals surface area (Å²) in [5.74, 6) is -0.221. The number of para-hydroxylation sites is 1. The molecule has 2 aromatic carbocycles. The van der Waals surface area contributed by atoms with Gasteiger partial charge in [0.2, 0.25) is 0 Å². The fourth-order valence-corrected chi connectivity index (χ4v) is 3.07. The predicted molar refractivity (Wildman–Crippen MR) is 96.3 cm³/mol. The largest absolute Gasteiger partial charge is 0.481 e. The molecule has 2 aromatic rings. The molecule has 6 heteroatoms. The van der Waals surface area contributed by atoms with Crippen LogP contribution in [0.15, 0.2) is 48.5 Å². The molecule has 3 rings (SSSR count). The van der Waals surface area contributed by atoms with Crippen LogP contribution in [0.4, 0.5) is 14.5 Å². The third kappa shape index (κ3) is 4.12. The standard InChI is InChI=1S/C20H22F2N2O2/c1-2-19(26-16-9-7-15(21)8-10-16)20(25)24-13-11-23(12-14-24)18-6-4-3-5-17(18)22/h3-10,19H,2,11-14H2,1H3. The van der Waals surface area contributed by atoms with Gasteiger partial charge in [-0.1, -0.05) is 19.1 Å². The Morgan fingerprint density at radius 3 is 2.31 bits per heavy atom. The van der Waals surface area contributed by atoms with E-state index >= 15 is 0 Å². The van der Waals surface area contributed by atoms with Crippen molar-refractivity contribution in [2.75, 3.05) is 31.1 Å². The number of anilines is 1. The van der Waals surface area contributed by atoms with Crippen molar-refractivity contribution in [3.63, 3.8) is 0 Å². The lowest BCUT2D eigenvalue weighted by Gasteiger charge is -2.37. The van der Waals surface area contributed by atoms with E-state index in [4.69, 9.17) is 4.74 Å². The highest BCUT2D eigenvalue weighted by Gasteiger charge is 2.28. The Morgan fingerprint density at radius 1 is 1.04 bits per heavy atom. The third-order valence-electron chi connectivity index (χ3n) is 4.52. The Labute approximate surface area is 152 Å². The molecule has 1 heterocycles. The molecule has 4 nitrogen and oxygen atoms in total. The molecule has 0 spiro atoms. The number of benzene rings is 2. The van der Waals surface area contributed by atoms with E-state index in [1.807, 2.05) is 11.8 Å². The lowest BCUT2D eigenvalue weighted by Crippen LogP contribution is -2.52. The summed E-state index contributed by atoms with van der Waals surface area (Å²) in [6.07, 6.45) is -0.0931. The summed E-state index contributed by atoms with van der Waals surface area (Å²) in [6, 6.07) is 12.3. The van der Waals surface area contributed by atoms with Crippen molar-refractivity contribution in [3.05, 3.63) is 60.2 Å². The summed E-state index contributed by atoms with van der Waals surface area (Å²) in [5, 5.41) is 0. The molecular weight excluding hydrogens is 338 g/mol. The number of carbonyl (C=O) groups is 1. The Kier molecular flexibility index (Phi) is 5.71.